The second-order valence-electron chi connectivity index (χ2n) is 3.12. The van der Waals surface area contributed by atoms with Gasteiger partial charge in [-0.15, -0.1) is 0 Å². The van der Waals surface area contributed by atoms with Crippen LogP contribution in [0.2, 0.25) is 0 Å². The van der Waals surface area contributed by atoms with Crippen LogP contribution in [0.25, 0.3) is 11.4 Å². The summed E-state index contributed by atoms with van der Waals surface area (Å²) in [5.41, 5.74) is 0.878. The number of aliphatic hydroxyl groups is 1. The lowest BCUT2D eigenvalue weighted by Gasteiger charge is -1.91. The fraction of sp³-hybridized carbons (Fsp3) is 0.222. The van der Waals surface area contributed by atoms with Gasteiger partial charge in [-0.3, -0.25) is 4.79 Å². The molecule has 72 valence electrons. The first-order valence-electron chi connectivity index (χ1n) is 4.15. The van der Waals surface area contributed by atoms with E-state index in [-0.39, 0.29) is 16.5 Å². The first kappa shape index (κ1) is 8.68. The second-order valence-corrected chi connectivity index (χ2v) is 3.12. The second kappa shape index (κ2) is 2.80. The van der Waals surface area contributed by atoms with Crippen molar-refractivity contribution in [2.45, 2.75) is 13.8 Å². The minimum absolute atomic E-state index is 0.0439. The van der Waals surface area contributed by atoms with Gasteiger partial charge >= 0.3 is 0 Å². The Kier molecular flexibility index (Phi) is 1.73. The quantitative estimate of drug-likeness (QED) is 0.626. The van der Waals surface area contributed by atoms with Gasteiger partial charge in [-0.05, 0) is 13.8 Å². The zero-order valence-electron chi connectivity index (χ0n) is 7.85. The summed E-state index contributed by atoms with van der Waals surface area (Å²) in [6.45, 7) is 3.23. The molecular formula is C9H9N3O2. The van der Waals surface area contributed by atoms with E-state index in [0.29, 0.717) is 5.65 Å². The maximum Gasteiger partial charge on any atom is 0.285 e. The molecule has 0 amide bonds. The molecule has 2 aromatic heterocycles. The lowest BCUT2D eigenvalue weighted by Crippen LogP contribution is -2.33. The molecule has 0 unspecified atom stereocenters. The Balaban J connectivity index is 3.03. The Hall–Kier alpha value is -1.91. The third-order valence-electron chi connectivity index (χ3n) is 1.95. The van der Waals surface area contributed by atoms with Crippen LogP contribution in [0.3, 0.4) is 0 Å². The molecule has 0 bridgehead atoms. The van der Waals surface area contributed by atoms with E-state index in [2.05, 4.69) is 10.1 Å². The molecule has 5 heteroatoms. The molecule has 1 N–H and O–H groups in total. The van der Waals surface area contributed by atoms with Gasteiger partial charge in [0, 0.05) is 12.3 Å². The van der Waals surface area contributed by atoms with Gasteiger partial charge in [0.15, 0.2) is 5.65 Å². The summed E-state index contributed by atoms with van der Waals surface area (Å²) in [5, 5.41) is 13.4. The fourth-order valence-corrected chi connectivity index (χ4v) is 1.28. The van der Waals surface area contributed by atoms with Crippen molar-refractivity contribution in [1.82, 2.24) is 14.6 Å². The van der Waals surface area contributed by atoms with Crippen LogP contribution in [-0.2, 0) is 0 Å². The van der Waals surface area contributed by atoms with Crippen LogP contribution in [-0.4, -0.2) is 19.7 Å². The van der Waals surface area contributed by atoms with Crippen LogP contribution < -0.4 is 10.8 Å². The average Bonchev–Trinajstić information content (AvgIpc) is 2.46. The molecule has 5 nitrogen and oxygen atoms in total. The number of hydrogen-bond donors (Lipinski definition) is 1. The van der Waals surface area contributed by atoms with Crippen LogP contribution in [0.4, 0.5) is 0 Å². The molecule has 2 heterocycles. The van der Waals surface area contributed by atoms with Gasteiger partial charge < -0.3 is 5.11 Å². The van der Waals surface area contributed by atoms with E-state index in [4.69, 9.17) is 0 Å². The molecule has 0 aliphatic rings. The Bertz CT molecular complexity index is 596. The van der Waals surface area contributed by atoms with Crippen molar-refractivity contribution in [3.63, 3.8) is 0 Å². The molecule has 0 aromatic carbocycles. The molecule has 2 rings (SSSR count). The predicted octanol–water partition coefficient (Wildman–Crippen LogP) is -0.197. The monoisotopic (exact) mass is 191 g/mol. The average molecular weight is 191 g/mol. The highest BCUT2D eigenvalue weighted by molar-refractivity contribution is 5.40. The molecule has 0 saturated heterocycles. The predicted molar refractivity (Wildman–Crippen MR) is 50.9 cm³/mol. The van der Waals surface area contributed by atoms with Gasteiger partial charge in [0.2, 0.25) is 0 Å². The van der Waals surface area contributed by atoms with E-state index in [1.807, 2.05) is 0 Å². The maximum atomic E-state index is 11.7. The Morgan fingerprint density at radius 1 is 1.57 bits per heavy atom. The molecular weight excluding hydrogens is 182 g/mol. The van der Waals surface area contributed by atoms with Gasteiger partial charge in [0.25, 0.3) is 5.56 Å². The molecule has 14 heavy (non-hydrogen) atoms. The highest BCUT2D eigenvalue weighted by Gasteiger charge is 2.04. The number of rotatable bonds is 0. The summed E-state index contributed by atoms with van der Waals surface area (Å²) in [7, 11) is 0. The zero-order valence-corrected chi connectivity index (χ0v) is 7.85. The van der Waals surface area contributed by atoms with E-state index < -0.39 is 0 Å². The molecule has 0 spiro atoms. The number of fused-ring (bicyclic) bond motifs is 1. The van der Waals surface area contributed by atoms with Gasteiger partial charge in [-0.1, -0.05) is 0 Å². The van der Waals surface area contributed by atoms with Gasteiger partial charge in [-0.25, -0.2) is 4.98 Å². The molecule has 0 fully saturated rings. The first-order valence-corrected chi connectivity index (χ1v) is 4.15. The maximum absolute atomic E-state index is 11.7. The molecule has 2 aromatic rings. The number of aryl methyl sites for hydroxylation is 1. The third kappa shape index (κ3) is 1.14. The zero-order chi connectivity index (χ0) is 10.3. The highest BCUT2D eigenvalue weighted by atomic mass is 16.3. The van der Waals surface area contributed by atoms with Crippen molar-refractivity contribution in [1.29, 1.82) is 0 Å². The minimum atomic E-state index is -0.344. The van der Waals surface area contributed by atoms with Crippen molar-refractivity contribution in [3.05, 3.63) is 33.5 Å². The van der Waals surface area contributed by atoms with Gasteiger partial charge in [0.1, 0.15) is 5.76 Å². The van der Waals surface area contributed by atoms with Crippen molar-refractivity contribution in [2.24, 2.45) is 0 Å². The number of hydrogen-bond acceptors (Lipinski definition) is 4. The largest absolute Gasteiger partial charge is 0.512 e. The Morgan fingerprint density at radius 3 is 2.93 bits per heavy atom. The van der Waals surface area contributed by atoms with Crippen molar-refractivity contribution in [2.75, 3.05) is 0 Å². The number of aliphatic hydroxyl groups excluding tert-OH is 1. The van der Waals surface area contributed by atoms with Crippen LogP contribution in [0.15, 0.2) is 17.1 Å². The summed E-state index contributed by atoms with van der Waals surface area (Å²) >= 11 is 0. The van der Waals surface area contributed by atoms with Crippen molar-refractivity contribution in [3.8, 4) is 0 Å². The SMILES string of the molecule is C/C(O)=c1\cnc2cc(C)nn2c1=O. The lowest BCUT2D eigenvalue weighted by molar-refractivity contribution is 0.497. The molecule has 0 aliphatic carbocycles. The molecule has 0 radical (unpaired) electrons. The molecule has 0 atom stereocenters. The van der Waals surface area contributed by atoms with E-state index >= 15 is 0 Å². The van der Waals surface area contributed by atoms with Crippen LogP contribution in [0, 0.1) is 6.92 Å². The van der Waals surface area contributed by atoms with Crippen LogP contribution in [0.5, 0.6) is 0 Å². The van der Waals surface area contributed by atoms with Crippen LogP contribution >= 0.6 is 0 Å². The van der Waals surface area contributed by atoms with Crippen LogP contribution in [0.1, 0.15) is 12.6 Å². The van der Waals surface area contributed by atoms with Crippen molar-refractivity contribution < 1.29 is 5.11 Å². The molecule has 0 saturated carbocycles. The van der Waals surface area contributed by atoms with E-state index in [0.717, 1.165) is 5.69 Å². The third-order valence-corrected chi connectivity index (χ3v) is 1.95. The van der Waals surface area contributed by atoms with Gasteiger partial charge in [0.05, 0.1) is 10.9 Å². The summed E-state index contributed by atoms with van der Waals surface area (Å²) in [6, 6.07) is 1.71. The van der Waals surface area contributed by atoms with Crippen molar-refractivity contribution >= 4 is 11.4 Å². The van der Waals surface area contributed by atoms with E-state index in [9.17, 15) is 9.90 Å². The summed E-state index contributed by atoms with van der Waals surface area (Å²) in [5.74, 6) is -0.0439. The van der Waals surface area contributed by atoms with E-state index in [1.54, 1.807) is 13.0 Å². The number of aromatic nitrogens is 3. The Labute approximate surface area is 79.3 Å². The summed E-state index contributed by atoms with van der Waals surface area (Å²) in [4.78, 5) is 15.7. The first-order chi connectivity index (χ1) is 6.59. The smallest absolute Gasteiger partial charge is 0.285 e. The standard InChI is InChI=1S/C9H9N3O2/c1-5-3-8-10-4-7(6(2)13)9(14)12(8)11-5/h3-4,13H,1-2H3/b7-6-. The van der Waals surface area contributed by atoms with Gasteiger partial charge in [-0.2, -0.15) is 9.61 Å². The topological polar surface area (TPSA) is 67.5 Å². The normalized spacial score (nSPS) is 13.3. The lowest BCUT2D eigenvalue weighted by atomic mass is 10.4. The fourth-order valence-electron chi connectivity index (χ4n) is 1.28. The van der Waals surface area contributed by atoms with E-state index in [1.165, 1.54) is 17.6 Å². The summed E-state index contributed by atoms with van der Waals surface area (Å²) < 4.78 is 1.18. The molecule has 0 aliphatic heterocycles. The Morgan fingerprint density at radius 2 is 2.29 bits per heavy atom. The summed E-state index contributed by atoms with van der Waals surface area (Å²) in [6.07, 6.45) is 1.36. The number of nitrogens with zero attached hydrogens (tertiary/aromatic N) is 3. The highest BCUT2D eigenvalue weighted by Crippen LogP contribution is 1.96. The minimum Gasteiger partial charge on any atom is -0.512 e.